The van der Waals surface area contributed by atoms with Gasteiger partial charge in [-0.25, -0.2) is 0 Å². The van der Waals surface area contributed by atoms with Crippen LogP contribution in [0.25, 0.3) is 11.1 Å². The van der Waals surface area contributed by atoms with Crippen molar-refractivity contribution < 1.29 is 45.2 Å². The monoisotopic (exact) mass is 532 g/mol. The second-order valence-corrected chi connectivity index (χ2v) is 23.3. The average molecular weight is 535 g/mol. The zero-order valence-electron chi connectivity index (χ0n) is 18.2. The first kappa shape index (κ1) is 25.9. The van der Waals surface area contributed by atoms with Crippen molar-refractivity contribution in [2.45, 2.75) is 64.5 Å². The molecule has 2 aliphatic carbocycles. The molecule has 0 atom stereocenters. The Morgan fingerprint density at radius 2 is 1.57 bits per heavy atom. The Hall–Kier alpha value is -0.400. The SMILES string of the molecule is CCCC[Si](CCCC)=[Zr+2]([C]1=CC=CC1)[c]1cccc2c1Cc1ccccc1-2.[Cl-].[Cl-]. The van der Waals surface area contributed by atoms with E-state index in [-0.39, 0.29) is 30.2 Å². The van der Waals surface area contributed by atoms with Gasteiger partial charge in [-0.1, -0.05) is 0 Å². The first-order chi connectivity index (χ1) is 13.8. The molecule has 2 aliphatic rings. The third-order valence-electron chi connectivity index (χ3n) is 6.23. The van der Waals surface area contributed by atoms with Crippen LogP contribution in [0.3, 0.4) is 0 Å². The zero-order chi connectivity index (χ0) is 19.3. The Morgan fingerprint density at radius 3 is 2.23 bits per heavy atom. The Labute approximate surface area is 203 Å². The number of rotatable bonds is 8. The number of benzene rings is 2. The minimum absolute atomic E-state index is 0. The van der Waals surface area contributed by atoms with Crippen molar-refractivity contribution in [2.75, 3.05) is 0 Å². The summed E-state index contributed by atoms with van der Waals surface area (Å²) in [6, 6.07) is 19.5. The maximum absolute atomic E-state index is 2.56. The first-order valence-corrected chi connectivity index (χ1v) is 19.2. The van der Waals surface area contributed by atoms with Gasteiger partial charge in [0.25, 0.3) is 0 Å². The van der Waals surface area contributed by atoms with Gasteiger partial charge in [-0.2, -0.15) is 0 Å². The Morgan fingerprint density at radius 1 is 0.867 bits per heavy atom. The molecule has 4 heteroatoms. The molecule has 0 unspecified atom stereocenters. The summed E-state index contributed by atoms with van der Waals surface area (Å²) < 4.78 is 3.74. The standard InChI is InChI=1S/C13H9.C8H18Si.C5H5.2ClH.Zr/c1-3-7-12-10(5-1)9-11-6-2-4-8-13(11)12;1-3-5-7-9-8-6-4-2;1-2-4-5-3-1;;;/h1-5,7-8H,9H2;3-8H2,1-2H3;1-3H,4H2;2*1H;/q;;;;;+2/p-2. The van der Waals surface area contributed by atoms with Gasteiger partial charge in [0.05, 0.1) is 0 Å². The van der Waals surface area contributed by atoms with Crippen molar-refractivity contribution in [1.82, 2.24) is 0 Å². The summed E-state index contributed by atoms with van der Waals surface area (Å²) in [5.41, 5.74) is 6.03. The average Bonchev–Trinajstić information content (AvgIpc) is 3.38. The molecule has 0 N–H and O–H groups in total. The molecule has 2 aromatic carbocycles. The summed E-state index contributed by atoms with van der Waals surface area (Å²) in [5, 5.41) is 0. The predicted octanol–water partition coefficient (Wildman–Crippen LogP) is 0.945. The van der Waals surface area contributed by atoms with E-state index in [1.807, 2.05) is 6.55 Å². The molecule has 0 bridgehead atoms. The van der Waals surface area contributed by atoms with Gasteiger partial charge in [-0.3, -0.25) is 0 Å². The van der Waals surface area contributed by atoms with Crippen LogP contribution in [-0.4, -0.2) is 5.43 Å². The second kappa shape index (κ2) is 12.6. The van der Waals surface area contributed by atoms with Crippen LogP contribution in [0.15, 0.2) is 64.0 Å². The maximum atomic E-state index is 2.56. The van der Waals surface area contributed by atoms with E-state index >= 15 is 0 Å². The molecule has 0 heterocycles. The molecular weight excluding hydrogens is 503 g/mol. The molecule has 0 amide bonds. The van der Waals surface area contributed by atoms with Crippen LogP contribution in [0, 0.1) is 0 Å². The fourth-order valence-electron chi connectivity index (χ4n) is 4.77. The number of hydrogen-bond donors (Lipinski definition) is 0. The third kappa shape index (κ3) is 5.50. The van der Waals surface area contributed by atoms with E-state index in [0.717, 1.165) is 0 Å². The fraction of sp³-hybridized carbons (Fsp3) is 0.385. The van der Waals surface area contributed by atoms with Crippen molar-refractivity contribution in [1.29, 1.82) is 0 Å². The molecule has 0 fully saturated rings. The molecule has 0 radical (unpaired) electrons. The molecule has 0 saturated heterocycles. The maximum Gasteiger partial charge on any atom is -1.00 e. The Balaban J connectivity index is 0.00000160. The van der Waals surface area contributed by atoms with E-state index in [2.05, 4.69) is 74.5 Å². The van der Waals surface area contributed by atoms with Crippen molar-refractivity contribution >= 4 is 8.70 Å². The molecule has 0 aromatic heterocycles. The molecule has 4 rings (SSSR count). The number of hydrogen-bond acceptors (Lipinski definition) is 0. The van der Waals surface area contributed by atoms with Gasteiger partial charge in [0, 0.05) is 0 Å². The minimum atomic E-state index is -1.84. The fourth-order valence-corrected chi connectivity index (χ4v) is 27.1. The van der Waals surface area contributed by atoms with E-state index < -0.39 is 20.4 Å². The predicted molar refractivity (Wildman–Crippen MR) is 121 cm³/mol. The van der Waals surface area contributed by atoms with Crippen molar-refractivity contribution in [3.63, 3.8) is 0 Å². The van der Waals surface area contributed by atoms with Gasteiger partial charge in [0.1, 0.15) is 0 Å². The summed E-state index contributed by atoms with van der Waals surface area (Å²) in [4.78, 5) is 0. The summed E-state index contributed by atoms with van der Waals surface area (Å²) in [6.07, 6.45) is 15.3. The van der Waals surface area contributed by atoms with Crippen molar-refractivity contribution in [3.8, 4) is 11.1 Å². The van der Waals surface area contributed by atoms with Crippen LogP contribution < -0.4 is 28.1 Å². The molecule has 0 saturated carbocycles. The number of allylic oxidation sites excluding steroid dienone is 4. The van der Waals surface area contributed by atoms with Gasteiger partial charge < -0.3 is 24.8 Å². The normalized spacial score (nSPS) is 12.8. The van der Waals surface area contributed by atoms with E-state index in [1.165, 1.54) is 44.1 Å². The Bertz CT molecular complexity index is 949. The van der Waals surface area contributed by atoms with Gasteiger partial charge in [0.2, 0.25) is 0 Å². The second-order valence-electron chi connectivity index (χ2n) is 8.18. The molecule has 2 aromatic rings. The minimum Gasteiger partial charge on any atom is -1.00 e. The van der Waals surface area contributed by atoms with Gasteiger partial charge >= 0.3 is 180 Å². The van der Waals surface area contributed by atoms with Crippen LogP contribution in [0.1, 0.15) is 57.1 Å². The molecule has 0 nitrogen and oxygen atoms in total. The molecule has 158 valence electrons. The molecule has 30 heavy (non-hydrogen) atoms. The van der Waals surface area contributed by atoms with Crippen molar-refractivity contribution in [3.05, 3.63) is 75.1 Å². The summed E-state index contributed by atoms with van der Waals surface area (Å²) in [5.74, 6) is 0. The first-order valence-electron chi connectivity index (χ1n) is 11.1. The molecular formula is C26H32Cl2SiZr. The van der Waals surface area contributed by atoms with E-state index in [9.17, 15) is 0 Å². The van der Waals surface area contributed by atoms with Crippen LogP contribution in [0.4, 0.5) is 0 Å². The van der Waals surface area contributed by atoms with E-state index in [4.69, 9.17) is 0 Å². The molecule has 0 spiro atoms. The summed E-state index contributed by atoms with van der Waals surface area (Å²) in [6.45, 7) is 4.74. The van der Waals surface area contributed by atoms with Gasteiger partial charge in [-0.15, -0.1) is 0 Å². The van der Waals surface area contributed by atoms with E-state index in [1.54, 1.807) is 28.8 Å². The van der Waals surface area contributed by atoms with Crippen LogP contribution in [-0.2, 0) is 26.8 Å². The number of halogens is 2. The third-order valence-corrected chi connectivity index (χ3v) is 26.2. The van der Waals surface area contributed by atoms with Crippen LogP contribution >= 0.6 is 0 Å². The summed E-state index contributed by atoms with van der Waals surface area (Å²) >= 11 is -1.84. The number of unbranched alkanes of at least 4 members (excludes halogenated alkanes) is 2. The van der Waals surface area contributed by atoms with Crippen LogP contribution in [0.5, 0.6) is 0 Å². The zero-order valence-corrected chi connectivity index (χ0v) is 23.2. The number of fused-ring (bicyclic) bond motifs is 3. The largest absolute Gasteiger partial charge is 1.00 e. The summed E-state index contributed by atoms with van der Waals surface area (Å²) in [7, 11) is 0. The van der Waals surface area contributed by atoms with Gasteiger partial charge in [0.15, 0.2) is 0 Å². The van der Waals surface area contributed by atoms with E-state index in [0.29, 0.717) is 0 Å². The van der Waals surface area contributed by atoms with Gasteiger partial charge in [-0.05, 0) is 0 Å². The van der Waals surface area contributed by atoms with Crippen LogP contribution in [0.2, 0.25) is 12.1 Å². The van der Waals surface area contributed by atoms with Crippen molar-refractivity contribution in [2.24, 2.45) is 0 Å². The quantitative estimate of drug-likeness (QED) is 0.378. The molecule has 0 aliphatic heterocycles. The topological polar surface area (TPSA) is 0 Å². The Kier molecular flexibility index (Phi) is 10.9. The smallest absolute Gasteiger partial charge is 1.00 e.